The smallest absolute Gasteiger partial charge is 0.170 e. The minimum Gasteiger partial charge on any atom is -0.306 e. The molecule has 16 heavy (non-hydrogen) atoms. The number of carbonyl (C=O) groups is 1. The fourth-order valence-electron chi connectivity index (χ4n) is 1.84. The topological polar surface area (TPSA) is 34.4 Å². The van der Waals surface area contributed by atoms with Crippen LogP contribution in [0.15, 0.2) is 36.7 Å². The van der Waals surface area contributed by atoms with Crippen LogP contribution < -0.4 is 0 Å². The molecule has 0 radical (unpaired) electrons. The molecule has 0 bridgehead atoms. The van der Waals surface area contributed by atoms with Crippen molar-refractivity contribution in [3.8, 4) is 0 Å². The third kappa shape index (κ3) is 1.22. The lowest BCUT2D eigenvalue weighted by Gasteiger charge is -2.01. The average molecular weight is 231 g/mol. The second-order valence-electron chi connectivity index (χ2n) is 3.53. The molecule has 3 aromatic rings. The van der Waals surface area contributed by atoms with Gasteiger partial charge in [-0.3, -0.25) is 4.79 Å². The zero-order chi connectivity index (χ0) is 11.1. The predicted octanol–water partition coefficient (Wildman–Crippen LogP) is 2.95. The van der Waals surface area contributed by atoms with Gasteiger partial charge in [0.05, 0.1) is 0 Å². The summed E-state index contributed by atoms with van der Waals surface area (Å²) < 4.78 is 1.82. The Bertz CT molecular complexity index is 703. The van der Waals surface area contributed by atoms with Crippen LogP contribution in [0.5, 0.6) is 0 Å². The number of nitrogens with zero attached hydrogens (tertiary/aromatic N) is 2. The monoisotopic (exact) mass is 230 g/mol. The van der Waals surface area contributed by atoms with E-state index in [0.717, 1.165) is 22.7 Å². The summed E-state index contributed by atoms with van der Waals surface area (Å²) in [5, 5.41) is 2.58. The van der Waals surface area contributed by atoms with Gasteiger partial charge < -0.3 is 4.40 Å². The zero-order valence-corrected chi connectivity index (χ0v) is 8.98. The zero-order valence-electron chi connectivity index (χ0n) is 8.22. The molecule has 0 spiro atoms. The van der Waals surface area contributed by atoms with E-state index >= 15 is 0 Å². The third-order valence-electron chi connectivity index (χ3n) is 2.57. The van der Waals surface area contributed by atoms with E-state index in [-0.39, 0.29) is 0 Å². The molecule has 3 nitrogen and oxygen atoms in total. The number of imidazole rings is 1. The first kappa shape index (κ1) is 9.36. The maximum atomic E-state index is 10.7. The number of fused-ring (bicyclic) bond motifs is 3. The highest BCUT2D eigenvalue weighted by Gasteiger charge is 2.06. The molecule has 0 N–H and O–H groups in total. The summed E-state index contributed by atoms with van der Waals surface area (Å²) in [4.78, 5) is 14.9. The molecule has 78 valence electrons. The number of halogens is 1. The Morgan fingerprint density at radius 2 is 2.12 bits per heavy atom. The molecule has 1 aromatic carbocycles. The number of pyridine rings is 1. The standard InChI is InChI=1S/C12H7ClN2O/c13-11-3-1-2-10-9(11)4-5-15-6-8(7-16)14-12(10)15/h1-7H. The van der Waals surface area contributed by atoms with Crippen LogP contribution >= 0.6 is 11.6 Å². The number of carbonyl (C=O) groups excluding carboxylic acids is 1. The molecule has 0 atom stereocenters. The van der Waals surface area contributed by atoms with Crippen molar-refractivity contribution < 1.29 is 4.79 Å². The van der Waals surface area contributed by atoms with E-state index in [2.05, 4.69) is 4.98 Å². The number of hydrogen-bond acceptors (Lipinski definition) is 2. The Kier molecular flexibility index (Phi) is 1.94. The Labute approximate surface area is 96.3 Å². The first-order chi connectivity index (χ1) is 7.79. The molecular weight excluding hydrogens is 224 g/mol. The van der Waals surface area contributed by atoms with Gasteiger partial charge in [0, 0.05) is 28.2 Å². The summed E-state index contributed by atoms with van der Waals surface area (Å²) in [6, 6.07) is 7.57. The molecule has 0 saturated heterocycles. The van der Waals surface area contributed by atoms with E-state index in [0.29, 0.717) is 10.7 Å². The molecule has 2 aromatic heterocycles. The highest BCUT2D eigenvalue weighted by atomic mass is 35.5. The van der Waals surface area contributed by atoms with Crippen LogP contribution in [-0.4, -0.2) is 15.7 Å². The van der Waals surface area contributed by atoms with E-state index in [9.17, 15) is 4.79 Å². The highest BCUT2D eigenvalue weighted by molar-refractivity contribution is 6.35. The van der Waals surface area contributed by atoms with Crippen LogP contribution in [0, 0.1) is 0 Å². The fraction of sp³-hybridized carbons (Fsp3) is 0. The molecule has 0 aliphatic carbocycles. The first-order valence-corrected chi connectivity index (χ1v) is 5.18. The second-order valence-corrected chi connectivity index (χ2v) is 3.94. The Morgan fingerprint density at radius 1 is 1.25 bits per heavy atom. The molecule has 0 aliphatic heterocycles. The fourth-order valence-corrected chi connectivity index (χ4v) is 2.08. The lowest BCUT2D eigenvalue weighted by Crippen LogP contribution is -1.84. The van der Waals surface area contributed by atoms with Gasteiger partial charge in [-0.25, -0.2) is 4.98 Å². The van der Waals surface area contributed by atoms with Gasteiger partial charge >= 0.3 is 0 Å². The van der Waals surface area contributed by atoms with Gasteiger partial charge in [0.1, 0.15) is 11.3 Å². The maximum Gasteiger partial charge on any atom is 0.170 e. The number of benzene rings is 1. The van der Waals surface area contributed by atoms with Crippen LogP contribution in [0.2, 0.25) is 5.02 Å². The molecule has 0 fully saturated rings. The van der Waals surface area contributed by atoms with Gasteiger partial charge in [0.2, 0.25) is 0 Å². The van der Waals surface area contributed by atoms with Gasteiger partial charge in [-0.05, 0) is 12.1 Å². The second kappa shape index (κ2) is 3.32. The van der Waals surface area contributed by atoms with Gasteiger partial charge in [0.25, 0.3) is 0 Å². The minimum atomic E-state index is 0.424. The van der Waals surface area contributed by atoms with Crippen molar-refractivity contribution in [3.05, 3.63) is 47.4 Å². The lowest BCUT2D eigenvalue weighted by atomic mass is 10.2. The van der Waals surface area contributed by atoms with Crippen molar-refractivity contribution >= 4 is 34.3 Å². The number of hydrogen-bond donors (Lipinski definition) is 0. The van der Waals surface area contributed by atoms with Crippen molar-refractivity contribution in [3.63, 3.8) is 0 Å². The van der Waals surface area contributed by atoms with Crippen molar-refractivity contribution in [2.45, 2.75) is 0 Å². The Balaban J connectivity index is 2.53. The molecular formula is C12H7ClN2O. The SMILES string of the molecule is O=Cc1cn2ccc3c(Cl)cccc3c2n1. The van der Waals surface area contributed by atoms with E-state index in [4.69, 9.17) is 11.6 Å². The summed E-state index contributed by atoms with van der Waals surface area (Å²) >= 11 is 6.09. The normalized spacial score (nSPS) is 11.1. The number of aromatic nitrogens is 2. The van der Waals surface area contributed by atoms with E-state index in [1.165, 1.54) is 0 Å². The number of rotatable bonds is 1. The van der Waals surface area contributed by atoms with Crippen LogP contribution in [-0.2, 0) is 0 Å². The van der Waals surface area contributed by atoms with E-state index < -0.39 is 0 Å². The summed E-state index contributed by atoms with van der Waals surface area (Å²) in [6.45, 7) is 0. The van der Waals surface area contributed by atoms with Crippen molar-refractivity contribution in [2.24, 2.45) is 0 Å². The maximum absolute atomic E-state index is 10.7. The predicted molar refractivity (Wildman–Crippen MR) is 63.1 cm³/mol. The van der Waals surface area contributed by atoms with Crippen LogP contribution in [0.1, 0.15) is 10.5 Å². The van der Waals surface area contributed by atoms with Gasteiger partial charge in [-0.15, -0.1) is 0 Å². The summed E-state index contributed by atoms with van der Waals surface area (Å²) in [5.74, 6) is 0. The average Bonchev–Trinajstić information content (AvgIpc) is 2.72. The van der Waals surface area contributed by atoms with Crippen molar-refractivity contribution in [1.29, 1.82) is 0 Å². The molecule has 0 aliphatic rings. The van der Waals surface area contributed by atoms with E-state index in [1.807, 2.05) is 34.9 Å². The highest BCUT2D eigenvalue weighted by Crippen LogP contribution is 2.25. The molecule has 0 unspecified atom stereocenters. The van der Waals surface area contributed by atoms with Crippen LogP contribution in [0.25, 0.3) is 16.4 Å². The Morgan fingerprint density at radius 3 is 2.94 bits per heavy atom. The van der Waals surface area contributed by atoms with Crippen LogP contribution in [0.4, 0.5) is 0 Å². The largest absolute Gasteiger partial charge is 0.306 e. The first-order valence-electron chi connectivity index (χ1n) is 4.81. The molecule has 0 amide bonds. The summed E-state index contributed by atoms with van der Waals surface area (Å²) in [7, 11) is 0. The molecule has 4 heteroatoms. The molecule has 3 rings (SSSR count). The van der Waals surface area contributed by atoms with Crippen molar-refractivity contribution in [1.82, 2.24) is 9.38 Å². The molecule has 2 heterocycles. The quantitative estimate of drug-likeness (QED) is 0.603. The van der Waals surface area contributed by atoms with Gasteiger partial charge in [-0.1, -0.05) is 23.7 Å². The number of aldehydes is 1. The van der Waals surface area contributed by atoms with Crippen LogP contribution in [0.3, 0.4) is 0 Å². The minimum absolute atomic E-state index is 0.424. The molecule has 0 saturated carbocycles. The third-order valence-corrected chi connectivity index (χ3v) is 2.90. The lowest BCUT2D eigenvalue weighted by molar-refractivity contribution is 0.111. The van der Waals surface area contributed by atoms with Gasteiger partial charge in [-0.2, -0.15) is 0 Å². The van der Waals surface area contributed by atoms with Gasteiger partial charge in [0.15, 0.2) is 6.29 Å². The Hall–Kier alpha value is -1.87. The summed E-state index contributed by atoms with van der Waals surface area (Å²) in [6.07, 6.45) is 4.29. The summed E-state index contributed by atoms with van der Waals surface area (Å²) in [5.41, 5.74) is 1.18. The van der Waals surface area contributed by atoms with E-state index in [1.54, 1.807) is 6.20 Å². The van der Waals surface area contributed by atoms with Crippen molar-refractivity contribution in [2.75, 3.05) is 0 Å².